The van der Waals surface area contributed by atoms with Crippen molar-refractivity contribution in [2.45, 2.75) is 39.5 Å². The third-order valence-corrected chi connectivity index (χ3v) is 3.21. The number of hydrogen-bond acceptors (Lipinski definition) is 4. The van der Waals surface area contributed by atoms with Gasteiger partial charge in [-0.2, -0.15) is 5.10 Å². The molecule has 0 bridgehead atoms. The molecule has 0 fully saturated rings. The van der Waals surface area contributed by atoms with Crippen molar-refractivity contribution in [3.05, 3.63) is 12.4 Å². The van der Waals surface area contributed by atoms with E-state index in [0.29, 0.717) is 30.7 Å². The first kappa shape index (κ1) is 14.0. The number of nitrogens with zero attached hydrogens (tertiary/aromatic N) is 3. The number of likely N-dealkylation sites (N-methyl/N-ethyl adjacent to an activating group) is 1. The van der Waals surface area contributed by atoms with E-state index in [1.54, 1.807) is 17.1 Å². The molecule has 0 spiro atoms. The molecule has 2 unspecified atom stereocenters. The number of aromatic nitrogens is 2. The highest BCUT2D eigenvalue weighted by Crippen LogP contribution is 2.09. The number of aliphatic hydroxyl groups excluding tert-OH is 1. The van der Waals surface area contributed by atoms with Crippen LogP contribution in [0.5, 0.6) is 0 Å². The summed E-state index contributed by atoms with van der Waals surface area (Å²) in [7, 11) is 2.03. The molecule has 3 N–H and O–H groups in total. The lowest BCUT2D eigenvalue weighted by atomic mass is 10.1. The van der Waals surface area contributed by atoms with E-state index in [4.69, 9.17) is 5.73 Å². The van der Waals surface area contributed by atoms with Gasteiger partial charge in [-0.3, -0.25) is 4.68 Å². The molecule has 17 heavy (non-hydrogen) atoms. The lowest BCUT2D eigenvalue weighted by Gasteiger charge is -2.29. The number of hydrogen-bond donors (Lipinski definition) is 2. The van der Waals surface area contributed by atoms with Crippen molar-refractivity contribution in [1.82, 2.24) is 14.7 Å². The Morgan fingerprint density at radius 3 is 2.59 bits per heavy atom. The summed E-state index contributed by atoms with van der Waals surface area (Å²) < 4.78 is 1.67. The fourth-order valence-corrected chi connectivity index (χ4v) is 1.76. The molecular formula is C12H24N4O. The van der Waals surface area contributed by atoms with E-state index in [-0.39, 0.29) is 0 Å². The molecule has 1 heterocycles. The Hall–Kier alpha value is -1.07. The van der Waals surface area contributed by atoms with E-state index >= 15 is 0 Å². The maximum atomic E-state index is 9.97. The van der Waals surface area contributed by atoms with Gasteiger partial charge in [0.2, 0.25) is 0 Å². The van der Waals surface area contributed by atoms with E-state index in [2.05, 4.69) is 30.8 Å². The molecule has 0 amide bonds. The number of rotatable bonds is 6. The van der Waals surface area contributed by atoms with E-state index in [9.17, 15) is 5.11 Å². The number of aliphatic hydroxyl groups is 1. The normalized spacial score (nSPS) is 15.5. The lowest BCUT2D eigenvalue weighted by Crippen LogP contribution is -2.40. The predicted molar refractivity (Wildman–Crippen MR) is 69.6 cm³/mol. The average molecular weight is 240 g/mol. The Bertz CT molecular complexity index is 337. The summed E-state index contributed by atoms with van der Waals surface area (Å²) in [5, 5.41) is 14.0. The molecule has 0 aromatic carbocycles. The third-order valence-electron chi connectivity index (χ3n) is 3.21. The van der Waals surface area contributed by atoms with Gasteiger partial charge in [0.05, 0.1) is 24.5 Å². The first-order valence-electron chi connectivity index (χ1n) is 6.06. The predicted octanol–water partition coefficient (Wildman–Crippen LogP) is 0.802. The molecular weight excluding hydrogens is 216 g/mol. The molecule has 0 saturated carbocycles. The van der Waals surface area contributed by atoms with Crippen LogP contribution >= 0.6 is 0 Å². The highest BCUT2D eigenvalue weighted by atomic mass is 16.3. The second-order valence-electron chi connectivity index (χ2n) is 5.07. The summed E-state index contributed by atoms with van der Waals surface area (Å²) in [4.78, 5) is 2.17. The zero-order valence-corrected chi connectivity index (χ0v) is 11.2. The van der Waals surface area contributed by atoms with Crippen LogP contribution in [0.1, 0.15) is 20.8 Å². The molecule has 0 aliphatic carbocycles. The first-order chi connectivity index (χ1) is 7.90. The van der Waals surface area contributed by atoms with Gasteiger partial charge in [-0.15, -0.1) is 0 Å². The van der Waals surface area contributed by atoms with E-state index in [1.807, 2.05) is 7.05 Å². The third kappa shape index (κ3) is 4.36. The Morgan fingerprint density at radius 2 is 2.12 bits per heavy atom. The van der Waals surface area contributed by atoms with E-state index in [1.165, 1.54) is 0 Å². The number of nitrogens with two attached hydrogens (primary N) is 1. The topological polar surface area (TPSA) is 67.3 Å². The molecule has 0 aliphatic heterocycles. The molecule has 0 radical (unpaired) electrons. The van der Waals surface area contributed by atoms with Crippen LogP contribution in [0.15, 0.2) is 12.4 Å². The minimum Gasteiger partial charge on any atom is -0.396 e. The van der Waals surface area contributed by atoms with Crippen molar-refractivity contribution in [2.75, 3.05) is 19.3 Å². The number of anilines is 1. The van der Waals surface area contributed by atoms with Crippen molar-refractivity contribution in [3.63, 3.8) is 0 Å². The van der Waals surface area contributed by atoms with Crippen molar-refractivity contribution in [3.8, 4) is 0 Å². The van der Waals surface area contributed by atoms with Crippen LogP contribution in [-0.2, 0) is 6.54 Å². The Labute approximate surface area is 103 Å². The highest BCUT2D eigenvalue weighted by Gasteiger charge is 2.16. The molecule has 0 aliphatic rings. The SMILES string of the molecule is CC(C)C(C)N(C)CC(O)Cn1cc(N)cn1. The van der Waals surface area contributed by atoms with Gasteiger partial charge in [0, 0.05) is 18.8 Å². The fraction of sp³-hybridized carbons (Fsp3) is 0.750. The fourth-order valence-electron chi connectivity index (χ4n) is 1.76. The molecule has 1 rings (SSSR count). The second-order valence-corrected chi connectivity index (χ2v) is 5.07. The van der Waals surface area contributed by atoms with Crippen LogP contribution in [-0.4, -0.2) is 45.5 Å². The molecule has 5 heteroatoms. The largest absolute Gasteiger partial charge is 0.396 e. The van der Waals surface area contributed by atoms with E-state index in [0.717, 1.165) is 0 Å². The molecule has 98 valence electrons. The smallest absolute Gasteiger partial charge is 0.0862 e. The standard InChI is InChI=1S/C12H24N4O/c1-9(2)10(3)15(4)7-12(17)8-16-6-11(13)5-14-16/h5-6,9-10,12,17H,7-8,13H2,1-4H3. The summed E-state index contributed by atoms with van der Waals surface area (Å²) in [5.74, 6) is 0.576. The van der Waals surface area contributed by atoms with Crippen molar-refractivity contribution >= 4 is 5.69 Å². The van der Waals surface area contributed by atoms with Crippen molar-refractivity contribution in [1.29, 1.82) is 0 Å². The molecule has 5 nitrogen and oxygen atoms in total. The summed E-state index contributed by atoms with van der Waals surface area (Å²) in [5.41, 5.74) is 6.19. The van der Waals surface area contributed by atoms with Gasteiger partial charge >= 0.3 is 0 Å². The molecule has 0 saturated heterocycles. The molecule has 1 aromatic heterocycles. The lowest BCUT2D eigenvalue weighted by molar-refractivity contribution is 0.0808. The van der Waals surface area contributed by atoms with Gasteiger partial charge in [0.25, 0.3) is 0 Å². The van der Waals surface area contributed by atoms with E-state index < -0.39 is 6.10 Å². The zero-order chi connectivity index (χ0) is 13.0. The quantitative estimate of drug-likeness (QED) is 0.772. The maximum Gasteiger partial charge on any atom is 0.0862 e. The Balaban J connectivity index is 2.41. The average Bonchev–Trinajstić information content (AvgIpc) is 2.62. The van der Waals surface area contributed by atoms with Gasteiger partial charge in [-0.25, -0.2) is 0 Å². The first-order valence-corrected chi connectivity index (χ1v) is 6.06. The van der Waals surface area contributed by atoms with Crippen molar-refractivity contribution in [2.24, 2.45) is 5.92 Å². The Morgan fingerprint density at radius 1 is 1.47 bits per heavy atom. The highest BCUT2D eigenvalue weighted by molar-refractivity contribution is 5.30. The van der Waals surface area contributed by atoms with Crippen LogP contribution in [0, 0.1) is 5.92 Å². The minimum absolute atomic E-state index is 0.430. The number of nitrogen functional groups attached to an aromatic ring is 1. The Kier molecular flexibility index (Phi) is 4.96. The van der Waals surface area contributed by atoms with Gasteiger partial charge in [0.1, 0.15) is 0 Å². The summed E-state index contributed by atoms with van der Waals surface area (Å²) in [6, 6.07) is 0.451. The minimum atomic E-state index is -0.430. The van der Waals surface area contributed by atoms with Crippen LogP contribution in [0.2, 0.25) is 0 Å². The van der Waals surface area contributed by atoms with Crippen LogP contribution in [0.25, 0.3) is 0 Å². The maximum absolute atomic E-state index is 9.97. The van der Waals surface area contributed by atoms with Crippen LogP contribution in [0.3, 0.4) is 0 Å². The van der Waals surface area contributed by atoms with Crippen molar-refractivity contribution < 1.29 is 5.11 Å². The van der Waals surface area contributed by atoms with Gasteiger partial charge < -0.3 is 15.7 Å². The van der Waals surface area contributed by atoms with Crippen LogP contribution in [0.4, 0.5) is 5.69 Å². The van der Waals surface area contributed by atoms with Gasteiger partial charge in [-0.1, -0.05) is 13.8 Å². The zero-order valence-electron chi connectivity index (χ0n) is 11.2. The van der Waals surface area contributed by atoms with Gasteiger partial charge in [-0.05, 0) is 19.9 Å². The monoisotopic (exact) mass is 240 g/mol. The molecule has 1 aromatic rings. The second kappa shape index (κ2) is 6.02. The summed E-state index contributed by atoms with van der Waals surface area (Å²) >= 11 is 0. The summed E-state index contributed by atoms with van der Waals surface area (Å²) in [6.07, 6.45) is 2.89. The van der Waals surface area contributed by atoms with Crippen LogP contribution < -0.4 is 5.73 Å². The summed E-state index contributed by atoms with van der Waals surface area (Å²) in [6.45, 7) is 7.65. The van der Waals surface area contributed by atoms with Gasteiger partial charge in [0.15, 0.2) is 0 Å². The molecule has 2 atom stereocenters.